The molecule has 0 aliphatic carbocycles. The second kappa shape index (κ2) is 7.08. The number of hydrogen-bond donors (Lipinski definition) is 1. The lowest BCUT2D eigenvalue weighted by Crippen LogP contribution is -2.14. The van der Waals surface area contributed by atoms with Gasteiger partial charge in [0.1, 0.15) is 6.61 Å². The summed E-state index contributed by atoms with van der Waals surface area (Å²) >= 11 is 0. The molecule has 4 rings (SSSR count). The van der Waals surface area contributed by atoms with E-state index in [9.17, 15) is 23.1 Å². The van der Waals surface area contributed by atoms with E-state index in [0.29, 0.717) is 16.5 Å². The summed E-state index contributed by atoms with van der Waals surface area (Å²) < 4.78 is 46.8. The van der Waals surface area contributed by atoms with Gasteiger partial charge in [-0.3, -0.25) is 0 Å². The number of carbonyl (C=O) groups excluding carboxylic acids is 1. The van der Waals surface area contributed by atoms with Gasteiger partial charge in [-0.2, -0.15) is 13.2 Å². The average molecular weight is 401 g/mol. The highest BCUT2D eigenvalue weighted by atomic mass is 19.4. The van der Waals surface area contributed by atoms with Crippen molar-refractivity contribution in [1.82, 2.24) is 4.57 Å². The molecule has 29 heavy (non-hydrogen) atoms. The molecule has 150 valence electrons. The summed E-state index contributed by atoms with van der Waals surface area (Å²) in [5.41, 5.74) is 0.842. The highest BCUT2D eigenvalue weighted by Gasteiger charge is 2.36. The van der Waals surface area contributed by atoms with Crippen LogP contribution in [0.25, 0.3) is 10.9 Å². The Kier molecular flexibility index (Phi) is 4.70. The predicted octanol–water partition coefficient (Wildman–Crippen LogP) is 4.47. The molecule has 2 heterocycles. The van der Waals surface area contributed by atoms with Crippen LogP contribution >= 0.6 is 0 Å². The van der Waals surface area contributed by atoms with Crippen LogP contribution in [0.2, 0.25) is 0 Å². The van der Waals surface area contributed by atoms with Gasteiger partial charge < -0.3 is 14.4 Å². The van der Waals surface area contributed by atoms with Crippen molar-refractivity contribution in [2.75, 3.05) is 6.61 Å². The molecule has 1 aliphatic rings. The lowest BCUT2D eigenvalue weighted by atomic mass is 9.92. The van der Waals surface area contributed by atoms with Crippen LogP contribution in [0.5, 0.6) is 0 Å². The third-order valence-corrected chi connectivity index (χ3v) is 5.29. The number of aromatic nitrogens is 1. The molecule has 2 aromatic carbocycles. The minimum Gasteiger partial charge on any atom is -0.462 e. The number of cyclic esters (lactones) is 1. The van der Waals surface area contributed by atoms with Crippen LogP contribution in [0.4, 0.5) is 13.2 Å². The molecule has 0 radical (unpaired) electrons. The largest absolute Gasteiger partial charge is 0.462 e. The van der Waals surface area contributed by atoms with Crippen LogP contribution in [0.3, 0.4) is 0 Å². The molecule has 1 fully saturated rings. The van der Waals surface area contributed by atoms with E-state index in [4.69, 9.17) is 4.74 Å². The molecule has 1 N–H and O–H groups in total. The number of hydrogen-bond acceptors (Lipinski definition) is 3. The second-order valence-electron chi connectivity index (χ2n) is 7.06. The molecule has 2 atom stereocenters. The Hall–Kier alpha value is -3.06. The number of aliphatic hydroxyl groups excluding tert-OH is 1. The SMILES string of the molecule is C=C1C(=O)OCC1C(O)c1cn(Cc2ccccc2C(F)(F)F)c2ccccc12. The molecular weight excluding hydrogens is 383 g/mol. The number of carbonyl (C=O) groups is 1. The number of aliphatic hydroxyl groups is 1. The number of para-hydroxylation sites is 1. The first-order chi connectivity index (χ1) is 13.8. The van der Waals surface area contributed by atoms with Crippen molar-refractivity contribution >= 4 is 16.9 Å². The molecule has 0 saturated carbocycles. The van der Waals surface area contributed by atoms with E-state index in [-0.39, 0.29) is 24.3 Å². The van der Waals surface area contributed by atoms with Gasteiger partial charge in [0, 0.05) is 34.8 Å². The van der Waals surface area contributed by atoms with E-state index in [0.717, 1.165) is 6.07 Å². The minimum absolute atomic E-state index is 0.00996. The topological polar surface area (TPSA) is 51.5 Å². The van der Waals surface area contributed by atoms with Crippen molar-refractivity contribution in [2.45, 2.75) is 18.8 Å². The average Bonchev–Trinajstić information content (AvgIpc) is 3.22. The molecule has 7 heteroatoms. The Morgan fingerprint density at radius 1 is 1.17 bits per heavy atom. The fourth-order valence-corrected chi connectivity index (χ4v) is 3.77. The van der Waals surface area contributed by atoms with Gasteiger partial charge in [0.05, 0.1) is 17.6 Å². The first kappa shape index (κ1) is 19.3. The Morgan fingerprint density at radius 3 is 2.55 bits per heavy atom. The van der Waals surface area contributed by atoms with Gasteiger partial charge in [-0.25, -0.2) is 4.79 Å². The van der Waals surface area contributed by atoms with Crippen LogP contribution in [0, 0.1) is 5.92 Å². The van der Waals surface area contributed by atoms with Crippen molar-refractivity contribution in [3.8, 4) is 0 Å². The summed E-state index contributed by atoms with van der Waals surface area (Å²) in [5, 5.41) is 11.6. The Balaban J connectivity index is 1.76. The second-order valence-corrected chi connectivity index (χ2v) is 7.06. The monoisotopic (exact) mass is 401 g/mol. The molecule has 1 aliphatic heterocycles. The van der Waals surface area contributed by atoms with Crippen LogP contribution in [0.1, 0.15) is 22.8 Å². The smallest absolute Gasteiger partial charge is 0.416 e. The maximum atomic E-state index is 13.4. The molecular formula is C22H18F3NO3. The van der Waals surface area contributed by atoms with E-state index < -0.39 is 29.7 Å². The number of esters is 1. The summed E-state index contributed by atoms with van der Waals surface area (Å²) in [6.45, 7) is 3.70. The number of fused-ring (bicyclic) bond motifs is 1. The highest BCUT2D eigenvalue weighted by molar-refractivity contribution is 5.91. The fraction of sp³-hybridized carbons (Fsp3) is 0.227. The summed E-state index contributed by atoms with van der Waals surface area (Å²) in [6, 6.07) is 12.6. The molecule has 1 saturated heterocycles. The third-order valence-electron chi connectivity index (χ3n) is 5.29. The third kappa shape index (κ3) is 3.42. The Morgan fingerprint density at radius 2 is 1.86 bits per heavy atom. The van der Waals surface area contributed by atoms with Gasteiger partial charge in [-0.15, -0.1) is 0 Å². The summed E-state index contributed by atoms with van der Waals surface area (Å²) in [5.74, 6) is -1.14. The Bertz CT molecular complexity index is 1100. The maximum Gasteiger partial charge on any atom is 0.416 e. The first-order valence-electron chi connectivity index (χ1n) is 9.04. The van der Waals surface area contributed by atoms with Gasteiger partial charge >= 0.3 is 12.1 Å². The predicted molar refractivity (Wildman–Crippen MR) is 101 cm³/mol. The van der Waals surface area contributed by atoms with Crippen LogP contribution < -0.4 is 0 Å². The normalized spacial score (nSPS) is 18.3. The number of halogens is 3. The fourth-order valence-electron chi connectivity index (χ4n) is 3.77. The zero-order valence-electron chi connectivity index (χ0n) is 15.3. The number of rotatable bonds is 4. The van der Waals surface area contributed by atoms with Gasteiger partial charge in [0.2, 0.25) is 0 Å². The summed E-state index contributed by atoms with van der Waals surface area (Å²) in [6.07, 6.45) is -3.88. The quantitative estimate of drug-likeness (QED) is 0.518. The van der Waals surface area contributed by atoms with E-state index in [1.54, 1.807) is 41.1 Å². The number of alkyl halides is 3. The molecule has 1 aromatic heterocycles. The molecule has 3 aromatic rings. The van der Waals surface area contributed by atoms with E-state index >= 15 is 0 Å². The van der Waals surface area contributed by atoms with Crippen molar-refractivity contribution < 1.29 is 27.8 Å². The van der Waals surface area contributed by atoms with Gasteiger partial charge in [-0.1, -0.05) is 43.0 Å². The lowest BCUT2D eigenvalue weighted by Gasteiger charge is -2.16. The maximum absolute atomic E-state index is 13.4. The standard InChI is InChI=1S/C22H18F3NO3/c1-13-17(12-29-21(13)28)20(27)16-11-26(19-9-5-3-7-15(16)19)10-14-6-2-4-8-18(14)22(23,24)25/h2-9,11,17,20,27H,1,10,12H2. The summed E-state index contributed by atoms with van der Waals surface area (Å²) in [7, 11) is 0. The van der Waals surface area contributed by atoms with Crippen LogP contribution in [0.15, 0.2) is 66.9 Å². The van der Waals surface area contributed by atoms with Gasteiger partial charge in [0.25, 0.3) is 0 Å². The first-order valence-corrected chi connectivity index (χ1v) is 9.04. The molecule has 0 spiro atoms. The highest BCUT2D eigenvalue weighted by Crippen LogP contribution is 2.38. The van der Waals surface area contributed by atoms with E-state index in [1.165, 1.54) is 12.1 Å². The van der Waals surface area contributed by atoms with Gasteiger partial charge in [-0.05, 0) is 17.7 Å². The molecule has 0 amide bonds. The molecule has 4 nitrogen and oxygen atoms in total. The molecule has 2 unspecified atom stereocenters. The van der Waals surface area contributed by atoms with E-state index in [1.807, 2.05) is 0 Å². The van der Waals surface area contributed by atoms with Crippen molar-refractivity contribution in [3.63, 3.8) is 0 Å². The number of benzene rings is 2. The van der Waals surface area contributed by atoms with Crippen molar-refractivity contribution in [1.29, 1.82) is 0 Å². The van der Waals surface area contributed by atoms with E-state index in [2.05, 4.69) is 6.58 Å². The van der Waals surface area contributed by atoms with Crippen LogP contribution in [-0.2, 0) is 22.3 Å². The van der Waals surface area contributed by atoms with Gasteiger partial charge in [0.15, 0.2) is 0 Å². The minimum atomic E-state index is -4.46. The molecule has 0 bridgehead atoms. The van der Waals surface area contributed by atoms with Crippen LogP contribution in [-0.4, -0.2) is 22.2 Å². The zero-order valence-corrected chi connectivity index (χ0v) is 15.3. The van der Waals surface area contributed by atoms with Crippen molar-refractivity contribution in [2.24, 2.45) is 5.92 Å². The number of nitrogens with zero attached hydrogens (tertiary/aromatic N) is 1. The Labute approximate surface area is 164 Å². The number of ether oxygens (including phenoxy) is 1. The lowest BCUT2D eigenvalue weighted by molar-refractivity contribution is -0.138. The zero-order chi connectivity index (χ0) is 20.8. The summed E-state index contributed by atoms with van der Waals surface area (Å²) in [4.78, 5) is 11.6. The van der Waals surface area contributed by atoms with Crippen molar-refractivity contribution in [3.05, 3.63) is 83.6 Å².